The molecule has 4 aromatic rings. The minimum absolute atomic E-state index is 0.264. The van der Waals surface area contributed by atoms with Gasteiger partial charge in [-0.2, -0.15) is 10.1 Å². The first-order chi connectivity index (χ1) is 16.7. The Hall–Kier alpha value is -3.64. The molecule has 174 valence electrons. The normalized spacial score (nSPS) is 16.9. The summed E-state index contributed by atoms with van der Waals surface area (Å²) in [7, 11) is 1.54. The number of methoxy groups -OCH3 is 1. The highest BCUT2D eigenvalue weighted by molar-refractivity contribution is 7.14. The number of ether oxygens (including phenoxy) is 3. The maximum Gasteiger partial charge on any atom is 0.277 e. The number of thiazole rings is 1. The molecule has 0 saturated carbocycles. The number of nitrogens with zero attached hydrogens (tertiary/aromatic N) is 6. The van der Waals surface area contributed by atoms with E-state index < -0.39 is 0 Å². The van der Waals surface area contributed by atoms with Crippen molar-refractivity contribution in [2.45, 2.75) is 31.8 Å². The van der Waals surface area contributed by atoms with Gasteiger partial charge in [0.25, 0.3) is 11.4 Å². The average Bonchev–Trinajstić information content (AvgIpc) is 3.29. The van der Waals surface area contributed by atoms with Crippen LogP contribution >= 0.6 is 11.3 Å². The molecular weight excluding hydrogens is 458 g/mol. The van der Waals surface area contributed by atoms with E-state index >= 15 is 0 Å². The van der Waals surface area contributed by atoms with E-state index in [1.165, 1.54) is 22.1 Å². The summed E-state index contributed by atoms with van der Waals surface area (Å²) >= 11 is 1.51. The minimum atomic E-state index is -0.272. The fraction of sp³-hybridized carbons (Fsp3) is 0.364. The molecule has 6 rings (SSSR count). The lowest BCUT2D eigenvalue weighted by molar-refractivity contribution is 0.161. The summed E-state index contributed by atoms with van der Waals surface area (Å²) in [4.78, 5) is 27.3. The summed E-state index contributed by atoms with van der Waals surface area (Å²) in [6.45, 7) is 1.59. The van der Waals surface area contributed by atoms with Gasteiger partial charge in [-0.05, 0) is 25.3 Å². The predicted octanol–water partition coefficient (Wildman–Crippen LogP) is 1.45. The van der Waals surface area contributed by atoms with Gasteiger partial charge in [0.05, 0.1) is 24.7 Å². The molecule has 1 aliphatic carbocycles. The number of aryl methyl sites for hydroxylation is 1. The van der Waals surface area contributed by atoms with Gasteiger partial charge in [-0.15, -0.1) is 16.4 Å². The lowest BCUT2D eigenvalue weighted by Crippen LogP contribution is -2.34. The highest BCUT2D eigenvalue weighted by Gasteiger charge is 2.24. The summed E-state index contributed by atoms with van der Waals surface area (Å²) in [6, 6.07) is 5.64. The van der Waals surface area contributed by atoms with Crippen molar-refractivity contribution in [1.82, 2.24) is 35.0 Å². The van der Waals surface area contributed by atoms with Crippen molar-refractivity contribution in [1.29, 1.82) is 0 Å². The maximum atomic E-state index is 12.7. The number of nitrogens with one attached hydrogen (secondary N) is 1. The molecule has 4 aromatic heterocycles. The van der Waals surface area contributed by atoms with Crippen molar-refractivity contribution in [3.63, 3.8) is 0 Å². The smallest absolute Gasteiger partial charge is 0.277 e. The third kappa shape index (κ3) is 3.84. The molecule has 0 aromatic carbocycles. The molecule has 12 heteroatoms. The Bertz CT molecular complexity index is 1440. The van der Waals surface area contributed by atoms with Gasteiger partial charge in [0.1, 0.15) is 18.7 Å². The molecule has 0 bridgehead atoms. The Labute approximate surface area is 197 Å². The Kier molecular flexibility index (Phi) is 5.30. The predicted molar refractivity (Wildman–Crippen MR) is 123 cm³/mol. The minimum Gasteiger partial charge on any atom is -0.484 e. The van der Waals surface area contributed by atoms with Gasteiger partial charge >= 0.3 is 0 Å². The molecule has 0 amide bonds. The second-order valence-electron chi connectivity index (χ2n) is 8.02. The zero-order valence-corrected chi connectivity index (χ0v) is 19.2. The quantitative estimate of drug-likeness (QED) is 0.449. The summed E-state index contributed by atoms with van der Waals surface area (Å²) in [6.07, 6.45) is 3.88. The Morgan fingerprint density at radius 2 is 2.15 bits per heavy atom. The molecule has 0 radical (unpaired) electrons. The molecule has 0 spiro atoms. The number of hydrogen-bond donors (Lipinski definition) is 1. The van der Waals surface area contributed by atoms with Gasteiger partial charge in [0, 0.05) is 29.6 Å². The SMILES string of the molecule is COc1ccc2ncc(=O)n(-c3nc4c(s3)CC(NCc3cc5c(nn3)OCCO5)CC4)c2n1. The summed E-state index contributed by atoms with van der Waals surface area (Å²) in [5.74, 6) is 1.50. The number of aromatic nitrogens is 6. The van der Waals surface area contributed by atoms with Crippen molar-refractivity contribution in [2.24, 2.45) is 0 Å². The van der Waals surface area contributed by atoms with Gasteiger partial charge < -0.3 is 19.5 Å². The molecule has 1 aliphatic heterocycles. The molecule has 1 unspecified atom stereocenters. The van der Waals surface area contributed by atoms with Crippen molar-refractivity contribution in [2.75, 3.05) is 20.3 Å². The monoisotopic (exact) mass is 479 g/mol. The van der Waals surface area contributed by atoms with E-state index in [4.69, 9.17) is 19.2 Å². The van der Waals surface area contributed by atoms with E-state index in [-0.39, 0.29) is 11.6 Å². The number of pyridine rings is 1. The van der Waals surface area contributed by atoms with Crippen LogP contribution in [0.1, 0.15) is 22.7 Å². The molecule has 2 aliphatic rings. The highest BCUT2D eigenvalue weighted by Crippen LogP contribution is 2.30. The van der Waals surface area contributed by atoms with Crippen molar-refractivity contribution in [3.8, 4) is 22.6 Å². The van der Waals surface area contributed by atoms with E-state index in [9.17, 15) is 4.79 Å². The number of fused-ring (bicyclic) bond motifs is 3. The Morgan fingerprint density at radius 3 is 3.06 bits per heavy atom. The van der Waals surface area contributed by atoms with Crippen molar-refractivity contribution >= 4 is 22.5 Å². The first kappa shape index (κ1) is 20.9. The second-order valence-corrected chi connectivity index (χ2v) is 9.08. The van der Waals surface area contributed by atoms with Crippen LogP contribution in [0.25, 0.3) is 16.3 Å². The molecule has 5 heterocycles. The number of hydrogen-bond acceptors (Lipinski definition) is 11. The Morgan fingerprint density at radius 1 is 1.24 bits per heavy atom. The zero-order valence-electron chi connectivity index (χ0n) is 18.4. The van der Waals surface area contributed by atoms with E-state index in [1.807, 2.05) is 6.07 Å². The highest BCUT2D eigenvalue weighted by atomic mass is 32.1. The van der Waals surface area contributed by atoms with Crippen LogP contribution in [0.4, 0.5) is 0 Å². The summed E-state index contributed by atoms with van der Waals surface area (Å²) in [5, 5.41) is 12.5. The molecule has 1 atom stereocenters. The fourth-order valence-corrected chi connectivity index (χ4v) is 5.33. The molecule has 11 nitrogen and oxygen atoms in total. The third-order valence-electron chi connectivity index (χ3n) is 5.83. The van der Waals surface area contributed by atoms with Crippen LogP contribution in [-0.4, -0.2) is 56.1 Å². The second kappa shape index (κ2) is 8.61. The van der Waals surface area contributed by atoms with Gasteiger partial charge in [-0.25, -0.2) is 14.5 Å². The van der Waals surface area contributed by atoms with Crippen molar-refractivity contribution < 1.29 is 14.2 Å². The van der Waals surface area contributed by atoms with Gasteiger partial charge in [0.15, 0.2) is 16.5 Å². The zero-order chi connectivity index (χ0) is 23.1. The van der Waals surface area contributed by atoms with Crippen LogP contribution in [0, 0.1) is 0 Å². The first-order valence-electron chi connectivity index (χ1n) is 11.0. The van der Waals surface area contributed by atoms with Crippen LogP contribution < -0.4 is 25.1 Å². The topological polar surface area (TPSA) is 126 Å². The van der Waals surface area contributed by atoms with Crippen LogP contribution in [0.5, 0.6) is 17.5 Å². The molecular formula is C22H21N7O4S. The van der Waals surface area contributed by atoms with E-state index in [0.29, 0.717) is 53.6 Å². The summed E-state index contributed by atoms with van der Waals surface area (Å²) < 4.78 is 17.8. The van der Waals surface area contributed by atoms with E-state index in [0.717, 1.165) is 35.5 Å². The lowest BCUT2D eigenvalue weighted by Gasteiger charge is -2.22. The van der Waals surface area contributed by atoms with Gasteiger partial charge in [0.2, 0.25) is 5.88 Å². The Balaban J connectivity index is 1.22. The standard InChI is InChI=1S/C22H21N7O4S/c1-31-18-5-4-15-20(26-18)29(19(30)11-24-15)22-25-14-3-2-12(9-17(14)34-22)23-10-13-8-16-21(28-27-13)33-7-6-32-16/h4-5,8,11-12,23H,2-3,6-7,9-10H2,1H3. The van der Waals surface area contributed by atoms with Crippen molar-refractivity contribution in [3.05, 3.63) is 51.0 Å². The van der Waals surface area contributed by atoms with Crippen LogP contribution in [0.15, 0.2) is 29.2 Å². The molecule has 0 fully saturated rings. The van der Waals surface area contributed by atoms with E-state index in [1.54, 1.807) is 19.2 Å². The summed E-state index contributed by atoms with van der Waals surface area (Å²) in [5.41, 5.74) is 2.59. The lowest BCUT2D eigenvalue weighted by atomic mass is 9.97. The van der Waals surface area contributed by atoms with Gasteiger partial charge in [-0.1, -0.05) is 0 Å². The third-order valence-corrected chi connectivity index (χ3v) is 6.94. The molecule has 0 saturated heterocycles. The maximum absolute atomic E-state index is 12.7. The van der Waals surface area contributed by atoms with Gasteiger partial charge in [-0.3, -0.25) is 4.79 Å². The average molecular weight is 480 g/mol. The molecule has 34 heavy (non-hydrogen) atoms. The van der Waals surface area contributed by atoms with Crippen LogP contribution in [0.2, 0.25) is 0 Å². The number of rotatable bonds is 5. The van der Waals surface area contributed by atoms with Crippen LogP contribution in [0.3, 0.4) is 0 Å². The van der Waals surface area contributed by atoms with E-state index in [2.05, 4.69) is 25.5 Å². The largest absolute Gasteiger partial charge is 0.484 e. The first-order valence-corrected chi connectivity index (χ1v) is 11.8. The molecule has 1 N–H and O–H groups in total. The van der Waals surface area contributed by atoms with Crippen LogP contribution in [-0.2, 0) is 19.4 Å². The fourth-order valence-electron chi connectivity index (χ4n) is 4.14.